The quantitative estimate of drug-likeness (QED) is 0.876. The fourth-order valence-corrected chi connectivity index (χ4v) is 1.87. The molecule has 4 nitrogen and oxygen atoms in total. The van der Waals surface area contributed by atoms with Gasteiger partial charge in [0.05, 0.1) is 19.9 Å². The monoisotopic (exact) mass is 308 g/mol. The van der Waals surface area contributed by atoms with E-state index in [4.69, 9.17) is 9.47 Å². The summed E-state index contributed by atoms with van der Waals surface area (Å²) in [6, 6.07) is 11.2. The number of hydrogen-bond donors (Lipinski definition) is 1. The Morgan fingerprint density at radius 1 is 1.11 bits per heavy atom. The minimum Gasteiger partial charge on any atom is -0.497 e. The molecule has 0 bridgehead atoms. The fraction of sp³-hybridized carbons (Fsp3) is 0.154. The summed E-state index contributed by atoms with van der Waals surface area (Å²) in [5.41, 5.74) is 0.808. The van der Waals surface area contributed by atoms with E-state index in [1.807, 2.05) is 36.4 Å². The number of anilines is 2. The Morgan fingerprint density at radius 3 is 2.61 bits per heavy atom. The minimum atomic E-state index is 0.732. The minimum absolute atomic E-state index is 0.732. The molecule has 0 unspecified atom stereocenters. The molecule has 0 saturated carbocycles. The van der Waals surface area contributed by atoms with Crippen molar-refractivity contribution in [3.05, 3.63) is 41.0 Å². The van der Waals surface area contributed by atoms with Gasteiger partial charge in [0, 0.05) is 6.07 Å². The Balaban J connectivity index is 2.32. The first-order valence-electron chi connectivity index (χ1n) is 5.34. The standard InChI is InChI=1S/C13H13BrN2O2/c1-17-9-6-7-11(18-2)10(8-9)15-13-5-3-4-12(14)16-13/h3-8H,1-2H3,(H,15,16). The predicted octanol–water partition coefficient (Wildman–Crippen LogP) is 3.60. The lowest BCUT2D eigenvalue weighted by molar-refractivity contribution is 0.405. The molecular weight excluding hydrogens is 296 g/mol. The number of hydrogen-bond acceptors (Lipinski definition) is 4. The lowest BCUT2D eigenvalue weighted by Crippen LogP contribution is -1.97. The van der Waals surface area contributed by atoms with Gasteiger partial charge in [-0.05, 0) is 40.2 Å². The van der Waals surface area contributed by atoms with Crippen LogP contribution in [0.25, 0.3) is 0 Å². The van der Waals surface area contributed by atoms with Crippen LogP contribution in [0.4, 0.5) is 11.5 Å². The molecule has 94 valence electrons. The molecule has 1 N–H and O–H groups in total. The number of nitrogens with one attached hydrogen (secondary N) is 1. The first kappa shape index (κ1) is 12.7. The highest BCUT2D eigenvalue weighted by Gasteiger charge is 2.06. The number of ether oxygens (including phenoxy) is 2. The number of rotatable bonds is 4. The van der Waals surface area contributed by atoms with Crippen molar-refractivity contribution in [3.8, 4) is 11.5 Å². The molecule has 0 amide bonds. The van der Waals surface area contributed by atoms with E-state index in [2.05, 4.69) is 26.2 Å². The maximum absolute atomic E-state index is 5.29. The molecular formula is C13H13BrN2O2. The summed E-state index contributed by atoms with van der Waals surface area (Å²) in [5.74, 6) is 2.22. The van der Waals surface area contributed by atoms with Crippen LogP contribution in [0, 0.1) is 0 Å². The molecule has 0 saturated heterocycles. The number of aromatic nitrogens is 1. The maximum atomic E-state index is 5.29. The van der Waals surface area contributed by atoms with E-state index in [0.717, 1.165) is 27.6 Å². The van der Waals surface area contributed by atoms with Gasteiger partial charge < -0.3 is 14.8 Å². The summed E-state index contributed by atoms with van der Waals surface area (Å²) in [5, 5.41) is 3.19. The van der Waals surface area contributed by atoms with Gasteiger partial charge in [0.15, 0.2) is 0 Å². The number of nitrogens with zero attached hydrogens (tertiary/aromatic N) is 1. The van der Waals surface area contributed by atoms with Crippen molar-refractivity contribution < 1.29 is 9.47 Å². The van der Waals surface area contributed by atoms with Gasteiger partial charge in [0.2, 0.25) is 0 Å². The highest BCUT2D eigenvalue weighted by atomic mass is 79.9. The number of halogens is 1. The zero-order chi connectivity index (χ0) is 13.0. The third kappa shape index (κ3) is 2.92. The summed E-state index contributed by atoms with van der Waals surface area (Å²) in [7, 11) is 3.25. The molecule has 1 heterocycles. The van der Waals surface area contributed by atoms with Gasteiger partial charge in [-0.25, -0.2) is 4.98 Å². The lowest BCUT2D eigenvalue weighted by Gasteiger charge is -2.12. The Morgan fingerprint density at radius 2 is 1.94 bits per heavy atom. The molecule has 5 heteroatoms. The fourth-order valence-electron chi connectivity index (χ4n) is 1.53. The van der Waals surface area contributed by atoms with E-state index >= 15 is 0 Å². The normalized spacial score (nSPS) is 9.94. The van der Waals surface area contributed by atoms with E-state index in [-0.39, 0.29) is 0 Å². The molecule has 0 spiro atoms. The molecule has 2 aromatic rings. The molecule has 1 aromatic heterocycles. The van der Waals surface area contributed by atoms with Crippen molar-refractivity contribution in [3.63, 3.8) is 0 Å². The summed E-state index contributed by atoms with van der Waals surface area (Å²) in [4.78, 5) is 4.31. The molecule has 2 rings (SSSR count). The third-order valence-electron chi connectivity index (χ3n) is 2.38. The molecule has 0 radical (unpaired) electrons. The van der Waals surface area contributed by atoms with Crippen LogP contribution in [0.1, 0.15) is 0 Å². The van der Waals surface area contributed by atoms with E-state index in [0.29, 0.717) is 0 Å². The van der Waals surface area contributed by atoms with Crippen LogP contribution in [0.2, 0.25) is 0 Å². The van der Waals surface area contributed by atoms with E-state index in [9.17, 15) is 0 Å². The van der Waals surface area contributed by atoms with Crippen molar-refractivity contribution in [2.24, 2.45) is 0 Å². The second kappa shape index (κ2) is 5.73. The van der Waals surface area contributed by atoms with Crippen molar-refractivity contribution in [2.75, 3.05) is 19.5 Å². The van der Waals surface area contributed by atoms with Crippen LogP contribution in [-0.2, 0) is 0 Å². The van der Waals surface area contributed by atoms with E-state index < -0.39 is 0 Å². The van der Waals surface area contributed by atoms with Gasteiger partial charge in [-0.15, -0.1) is 0 Å². The molecule has 0 aliphatic rings. The highest BCUT2D eigenvalue weighted by Crippen LogP contribution is 2.31. The first-order valence-corrected chi connectivity index (χ1v) is 6.14. The first-order chi connectivity index (χ1) is 8.72. The topological polar surface area (TPSA) is 43.4 Å². The van der Waals surface area contributed by atoms with Gasteiger partial charge >= 0.3 is 0 Å². The van der Waals surface area contributed by atoms with E-state index in [1.54, 1.807) is 14.2 Å². The van der Waals surface area contributed by atoms with Gasteiger partial charge in [-0.2, -0.15) is 0 Å². The van der Waals surface area contributed by atoms with Crippen LogP contribution in [0.5, 0.6) is 11.5 Å². The van der Waals surface area contributed by atoms with Crippen molar-refractivity contribution in [1.29, 1.82) is 0 Å². The second-order valence-corrected chi connectivity index (χ2v) is 4.35. The van der Waals surface area contributed by atoms with Gasteiger partial charge in [-0.1, -0.05) is 6.07 Å². The molecule has 0 aliphatic carbocycles. The van der Waals surface area contributed by atoms with Crippen LogP contribution in [0.15, 0.2) is 41.0 Å². The smallest absolute Gasteiger partial charge is 0.142 e. The Hall–Kier alpha value is -1.75. The maximum Gasteiger partial charge on any atom is 0.142 e. The zero-order valence-electron chi connectivity index (χ0n) is 10.1. The SMILES string of the molecule is COc1ccc(OC)c(Nc2cccc(Br)n2)c1. The largest absolute Gasteiger partial charge is 0.497 e. The number of methoxy groups -OCH3 is 2. The molecule has 18 heavy (non-hydrogen) atoms. The lowest BCUT2D eigenvalue weighted by atomic mass is 10.2. The Kier molecular flexibility index (Phi) is 4.04. The Bertz CT molecular complexity index is 546. The third-order valence-corrected chi connectivity index (χ3v) is 2.83. The van der Waals surface area contributed by atoms with Gasteiger partial charge in [0.1, 0.15) is 21.9 Å². The summed E-state index contributed by atoms with van der Waals surface area (Å²) in [6.45, 7) is 0. The summed E-state index contributed by atoms with van der Waals surface area (Å²) in [6.07, 6.45) is 0. The summed E-state index contributed by atoms with van der Waals surface area (Å²) >= 11 is 3.33. The molecule has 0 aliphatic heterocycles. The van der Waals surface area contributed by atoms with Gasteiger partial charge in [-0.3, -0.25) is 0 Å². The molecule has 1 aromatic carbocycles. The van der Waals surface area contributed by atoms with Crippen LogP contribution >= 0.6 is 15.9 Å². The Labute approximate surface area is 114 Å². The number of benzene rings is 1. The van der Waals surface area contributed by atoms with Crippen molar-refractivity contribution >= 4 is 27.4 Å². The second-order valence-electron chi connectivity index (χ2n) is 3.54. The van der Waals surface area contributed by atoms with Crippen LogP contribution in [-0.4, -0.2) is 19.2 Å². The van der Waals surface area contributed by atoms with Crippen molar-refractivity contribution in [2.45, 2.75) is 0 Å². The van der Waals surface area contributed by atoms with Crippen molar-refractivity contribution in [1.82, 2.24) is 4.98 Å². The van der Waals surface area contributed by atoms with Crippen LogP contribution in [0.3, 0.4) is 0 Å². The predicted molar refractivity (Wildman–Crippen MR) is 74.8 cm³/mol. The van der Waals surface area contributed by atoms with Gasteiger partial charge in [0.25, 0.3) is 0 Å². The van der Waals surface area contributed by atoms with E-state index in [1.165, 1.54) is 0 Å². The zero-order valence-corrected chi connectivity index (χ0v) is 11.7. The average Bonchev–Trinajstić information content (AvgIpc) is 2.38. The summed E-state index contributed by atoms with van der Waals surface area (Å²) < 4.78 is 11.3. The highest BCUT2D eigenvalue weighted by molar-refractivity contribution is 9.10. The molecule has 0 atom stereocenters. The molecule has 0 fully saturated rings. The van der Waals surface area contributed by atoms with Crippen LogP contribution < -0.4 is 14.8 Å². The number of pyridine rings is 1. The average molecular weight is 309 g/mol.